The van der Waals surface area contributed by atoms with Crippen molar-refractivity contribution >= 4 is 12.0 Å². The highest BCUT2D eigenvalue weighted by Crippen LogP contribution is 2.10. The normalized spacial score (nSPS) is 13.1. The van der Waals surface area contributed by atoms with Gasteiger partial charge in [-0.3, -0.25) is 0 Å². The van der Waals surface area contributed by atoms with Crippen molar-refractivity contribution in [3.8, 4) is 0 Å². The maximum atomic E-state index is 12.1. The second-order valence-electron chi connectivity index (χ2n) is 6.29. The molecular formula is C16H23N5O4. The van der Waals surface area contributed by atoms with E-state index in [4.69, 9.17) is 15.0 Å². The summed E-state index contributed by atoms with van der Waals surface area (Å²) < 4.78 is 10.8. The van der Waals surface area contributed by atoms with Crippen LogP contribution in [0.25, 0.3) is 10.4 Å². The van der Waals surface area contributed by atoms with E-state index >= 15 is 0 Å². The molecule has 0 aliphatic rings. The van der Waals surface area contributed by atoms with Gasteiger partial charge >= 0.3 is 12.0 Å². The Labute approximate surface area is 146 Å². The van der Waals surface area contributed by atoms with Gasteiger partial charge in [-0.1, -0.05) is 30.3 Å². The molecule has 0 saturated heterocycles. The molecule has 2 atom stereocenters. The molecule has 0 aliphatic heterocycles. The Hall–Kier alpha value is -2.77. The number of alkyl carbamates (subject to hydrolysis) is 1. The Morgan fingerprint density at radius 2 is 1.92 bits per heavy atom. The van der Waals surface area contributed by atoms with Crippen LogP contribution in [0.4, 0.5) is 4.79 Å². The number of carbonyl (C=O) groups excluding carboxylic acids is 2. The van der Waals surface area contributed by atoms with Crippen molar-refractivity contribution in [2.75, 3.05) is 0 Å². The minimum Gasteiger partial charge on any atom is -0.444 e. The van der Waals surface area contributed by atoms with E-state index < -0.39 is 29.7 Å². The van der Waals surface area contributed by atoms with Crippen molar-refractivity contribution in [2.24, 2.45) is 5.22 Å². The average molecular weight is 349 g/mol. The summed E-state index contributed by atoms with van der Waals surface area (Å²) in [5, 5.41) is 5.45. The molecule has 0 spiro atoms. The van der Waals surface area contributed by atoms with Gasteiger partial charge in [-0.2, -0.15) is 10.3 Å². The number of azide groups is 1. The van der Waals surface area contributed by atoms with E-state index in [1.54, 1.807) is 27.7 Å². The van der Waals surface area contributed by atoms with Gasteiger partial charge in [-0.25, -0.2) is 9.59 Å². The van der Waals surface area contributed by atoms with E-state index in [9.17, 15) is 9.59 Å². The highest BCUT2D eigenvalue weighted by atomic mass is 16.6. The number of hydrogen-bond donors (Lipinski definition) is 2. The largest absolute Gasteiger partial charge is 0.444 e. The van der Waals surface area contributed by atoms with Crippen molar-refractivity contribution in [3.63, 3.8) is 0 Å². The second kappa shape index (κ2) is 9.51. The molecule has 0 unspecified atom stereocenters. The van der Waals surface area contributed by atoms with Gasteiger partial charge in [0, 0.05) is 0 Å². The van der Waals surface area contributed by atoms with Crippen LogP contribution in [0.2, 0.25) is 0 Å². The van der Waals surface area contributed by atoms with Gasteiger partial charge < -0.3 is 14.8 Å². The number of nitrogens with one attached hydrogen (secondary N) is 2. The minimum atomic E-state index is -1.09. The molecule has 0 aromatic heterocycles. The van der Waals surface area contributed by atoms with Crippen molar-refractivity contribution < 1.29 is 19.1 Å². The number of benzene rings is 1. The second-order valence-corrected chi connectivity index (χ2v) is 6.29. The first-order valence-corrected chi connectivity index (χ1v) is 7.72. The van der Waals surface area contributed by atoms with Gasteiger partial charge in [0.1, 0.15) is 5.60 Å². The van der Waals surface area contributed by atoms with Crippen LogP contribution in [-0.2, 0) is 20.9 Å². The smallest absolute Gasteiger partial charge is 0.408 e. The summed E-state index contributed by atoms with van der Waals surface area (Å²) in [6, 6.07) is 8.28. The van der Waals surface area contributed by atoms with Gasteiger partial charge in [-0.15, -0.1) is 5.53 Å². The minimum absolute atomic E-state index is 0.253. The summed E-state index contributed by atoms with van der Waals surface area (Å²) in [5.74, 6) is -0.704. The molecule has 136 valence electrons. The van der Waals surface area contributed by atoms with Gasteiger partial charge in [0.15, 0.2) is 6.04 Å². The molecule has 0 saturated carbocycles. The summed E-state index contributed by atoms with van der Waals surface area (Å²) >= 11 is 0. The van der Waals surface area contributed by atoms with Crippen LogP contribution in [0, 0.1) is 0 Å². The van der Waals surface area contributed by atoms with Crippen LogP contribution in [-0.4, -0.2) is 29.7 Å². The van der Waals surface area contributed by atoms with Crippen LogP contribution in [0.5, 0.6) is 0 Å². The Bertz CT molecular complexity index is 623. The number of ether oxygens (including phenoxy) is 2. The summed E-state index contributed by atoms with van der Waals surface area (Å²) in [6.07, 6.45) is -1.47. The number of hydrogen-bond acceptors (Lipinski definition) is 5. The highest BCUT2D eigenvalue weighted by molar-refractivity contribution is 5.86. The van der Waals surface area contributed by atoms with Crippen LogP contribution in [0.15, 0.2) is 35.6 Å². The zero-order chi connectivity index (χ0) is 18.9. The maximum Gasteiger partial charge on any atom is 0.408 e. The monoisotopic (exact) mass is 349 g/mol. The van der Waals surface area contributed by atoms with Gasteiger partial charge in [0.2, 0.25) is 0 Å². The first-order valence-electron chi connectivity index (χ1n) is 7.72. The van der Waals surface area contributed by atoms with Crippen molar-refractivity contribution in [3.05, 3.63) is 46.3 Å². The zero-order valence-electron chi connectivity index (χ0n) is 14.7. The van der Waals surface area contributed by atoms with E-state index in [1.165, 1.54) is 0 Å². The van der Waals surface area contributed by atoms with Gasteiger partial charge in [0.25, 0.3) is 0 Å². The third-order valence-corrected chi connectivity index (χ3v) is 2.98. The van der Waals surface area contributed by atoms with Gasteiger partial charge in [0.05, 0.1) is 12.7 Å². The molecule has 1 aromatic rings. The topological polar surface area (TPSA) is 125 Å². The predicted molar refractivity (Wildman–Crippen MR) is 91.1 cm³/mol. The van der Waals surface area contributed by atoms with Crippen LogP contribution in [0.1, 0.15) is 33.3 Å². The molecule has 2 N–H and O–H groups in total. The lowest BCUT2D eigenvalue weighted by atomic mass is 10.1. The average Bonchev–Trinajstić information content (AvgIpc) is 2.54. The lowest BCUT2D eigenvalue weighted by molar-refractivity contribution is -0.127. The lowest BCUT2D eigenvalue weighted by Crippen LogP contribution is -2.53. The van der Waals surface area contributed by atoms with Crippen LogP contribution >= 0.6 is 0 Å². The van der Waals surface area contributed by atoms with Crippen LogP contribution < -0.4 is 10.7 Å². The molecule has 25 heavy (non-hydrogen) atoms. The Kier molecular flexibility index (Phi) is 7.71. The molecule has 1 aromatic carbocycles. The van der Waals surface area contributed by atoms with E-state index in [-0.39, 0.29) is 6.61 Å². The van der Waals surface area contributed by atoms with E-state index in [0.29, 0.717) is 0 Å². The number of rotatable bonds is 7. The molecular weight excluding hydrogens is 326 g/mol. The Morgan fingerprint density at radius 1 is 1.28 bits per heavy atom. The molecule has 0 radical (unpaired) electrons. The summed E-state index contributed by atoms with van der Waals surface area (Å²) in [5.41, 5.74) is 10.5. The van der Waals surface area contributed by atoms with Gasteiger partial charge in [-0.05, 0) is 38.5 Å². The van der Waals surface area contributed by atoms with Crippen molar-refractivity contribution in [1.29, 1.82) is 0 Å². The predicted octanol–water partition coefficient (Wildman–Crippen LogP) is 2.83. The molecule has 9 heteroatoms. The third kappa shape index (κ3) is 8.05. The molecule has 2 amide bonds. The number of carbonyl (C=O) groups is 2. The van der Waals surface area contributed by atoms with Crippen molar-refractivity contribution in [1.82, 2.24) is 10.7 Å². The summed E-state index contributed by atoms with van der Waals surface area (Å²) in [4.78, 5) is 26.5. The maximum absolute atomic E-state index is 12.1. The molecule has 0 aliphatic carbocycles. The number of nitrogens with zero attached hydrogens (tertiary/aromatic N) is 3. The number of amides is 2. The molecule has 0 fully saturated rings. The van der Waals surface area contributed by atoms with E-state index in [0.717, 1.165) is 5.56 Å². The summed E-state index contributed by atoms with van der Waals surface area (Å²) in [7, 11) is 0. The molecule has 0 heterocycles. The van der Waals surface area contributed by atoms with E-state index in [1.807, 2.05) is 35.8 Å². The molecule has 9 nitrogen and oxygen atoms in total. The highest BCUT2D eigenvalue weighted by Gasteiger charge is 2.31. The third-order valence-electron chi connectivity index (χ3n) is 2.98. The van der Waals surface area contributed by atoms with Crippen LogP contribution in [0.3, 0.4) is 0 Å². The first-order chi connectivity index (χ1) is 11.7. The summed E-state index contributed by atoms with van der Waals surface area (Å²) in [6.45, 7) is 6.99. The zero-order valence-corrected chi connectivity index (χ0v) is 14.7. The molecule has 0 bridgehead atoms. The lowest BCUT2D eigenvalue weighted by Gasteiger charge is -2.25. The fraction of sp³-hybridized carbons (Fsp3) is 0.500. The quantitative estimate of drug-likeness (QED) is 0.340. The Balaban J connectivity index is 2.76. The molecule has 1 rings (SSSR count). The van der Waals surface area contributed by atoms with Crippen molar-refractivity contribution in [2.45, 2.75) is 52.0 Å². The van der Waals surface area contributed by atoms with E-state index in [2.05, 4.69) is 15.5 Å². The first kappa shape index (κ1) is 20.3. The fourth-order valence-corrected chi connectivity index (χ4v) is 1.87. The fourth-order valence-electron chi connectivity index (χ4n) is 1.87. The standard InChI is InChI=1S/C16H23N5O4/c1-11(24-10-12-8-6-5-7-9-12)13(14(22)19-21-20-17)18-15(23)25-16(2,3)4/h5-9,11,13H,10H2,1-4H3,(H,18,23)(H,19,22)/t11-,13-/m0/s1. The SMILES string of the molecule is C[C@H](OCc1ccccc1)[C@H](NC(=O)OC(C)(C)C)C(=O)NN=[N+]=[N-]. The Morgan fingerprint density at radius 3 is 2.48 bits per heavy atom.